The van der Waals surface area contributed by atoms with Crippen LogP contribution in [0.4, 0.5) is 17.3 Å². The minimum atomic E-state index is -0.937. The number of aromatic hydroxyl groups is 1. The average molecular weight is 418 g/mol. The Morgan fingerprint density at radius 2 is 1.45 bits per heavy atom. The van der Waals surface area contributed by atoms with Crippen molar-refractivity contribution in [3.05, 3.63) is 93.1 Å². The molecule has 0 atom stereocenters. The SMILES string of the molecule is CN(C(=O)c1c(N(C)c2ccccc2)oc(=O)c2c(O)cc(=O)oc12)c1ccccc1. The van der Waals surface area contributed by atoms with Crippen LogP contribution in [-0.2, 0) is 0 Å². The van der Waals surface area contributed by atoms with Gasteiger partial charge in [0.25, 0.3) is 5.91 Å². The van der Waals surface area contributed by atoms with E-state index in [0.29, 0.717) is 11.4 Å². The van der Waals surface area contributed by atoms with Crippen LogP contribution in [-0.4, -0.2) is 25.1 Å². The van der Waals surface area contributed by atoms with E-state index in [-0.39, 0.29) is 22.4 Å². The van der Waals surface area contributed by atoms with Gasteiger partial charge >= 0.3 is 11.3 Å². The predicted octanol–water partition coefficient (Wildman–Crippen LogP) is 3.50. The summed E-state index contributed by atoms with van der Waals surface area (Å²) in [6, 6.07) is 18.5. The molecule has 0 aliphatic carbocycles. The van der Waals surface area contributed by atoms with Gasteiger partial charge in [0.1, 0.15) is 16.7 Å². The van der Waals surface area contributed by atoms with Gasteiger partial charge in [0.15, 0.2) is 5.58 Å². The zero-order valence-electron chi connectivity index (χ0n) is 16.7. The van der Waals surface area contributed by atoms with E-state index in [2.05, 4.69) is 0 Å². The number of rotatable bonds is 4. The molecule has 1 amide bonds. The van der Waals surface area contributed by atoms with Crippen LogP contribution in [0.5, 0.6) is 5.75 Å². The summed E-state index contributed by atoms with van der Waals surface area (Å²) in [4.78, 5) is 41.0. The summed E-state index contributed by atoms with van der Waals surface area (Å²) in [5.74, 6) is -1.33. The molecule has 2 heterocycles. The number of amides is 1. The van der Waals surface area contributed by atoms with Gasteiger partial charge in [-0.25, -0.2) is 9.59 Å². The molecule has 2 aromatic carbocycles. The number of carbonyl (C=O) groups is 1. The summed E-state index contributed by atoms with van der Waals surface area (Å²) < 4.78 is 10.7. The average Bonchev–Trinajstić information content (AvgIpc) is 2.78. The minimum absolute atomic E-state index is 0.120. The summed E-state index contributed by atoms with van der Waals surface area (Å²) >= 11 is 0. The summed E-state index contributed by atoms with van der Waals surface area (Å²) in [5, 5.41) is 9.80. The number of carbonyl (C=O) groups excluding carboxylic acids is 1. The minimum Gasteiger partial charge on any atom is -0.507 e. The molecule has 0 spiro atoms. The van der Waals surface area contributed by atoms with Gasteiger partial charge in [0, 0.05) is 25.5 Å². The highest BCUT2D eigenvalue weighted by Crippen LogP contribution is 2.34. The lowest BCUT2D eigenvalue weighted by Gasteiger charge is -2.23. The number of nitrogens with zero attached hydrogens (tertiary/aromatic N) is 2. The van der Waals surface area contributed by atoms with Crippen molar-refractivity contribution in [1.29, 1.82) is 0 Å². The normalized spacial score (nSPS) is 10.8. The summed E-state index contributed by atoms with van der Waals surface area (Å²) in [6.07, 6.45) is 0. The predicted molar refractivity (Wildman–Crippen MR) is 116 cm³/mol. The van der Waals surface area contributed by atoms with E-state index in [0.717, 1.165) is 6.07 Å². The molecule has 4 rings (SSSR count). The Bertz CT molecular complexity index is 1380. The van der Waals surface area contributed by atoms with Gasteiger partial charge in [0.05, 0.1) is 6.07 Å². The monoisotopic (exact) mass is 418 g/mol. The molecule has 0 unspecified atom stereocenters. The maximum absolute atomic E-state index is 13.5. The first-order valence-corrected chi connectivity index (χ1v) is 9.34. The lowest BCUT2D eigenvalue weighted by molar-refractivity contribution is 0.0992. The van der Waals surface area contributed by atoms with E-state index in [4.69, 9.17) is 8.83 Å². The molecule has 0 radical (unpaired) electrons. The second kappa shape index (κ2) is 7.83. The van der Waals surface area contributed by atoms with Crippen molar-refractivity contribution >= 4 is 34.1 Å². The number of anilines is 3. The third-order valence-electron chi connectivity index (χ3n) is 4.88. The maximum atomic E-state index is 13.5. The number of hydrogen-bond acceptors (Lipinski definition) is 7. The largest absolute Gasteiger partial charge is 0.507 e. The van der Waals surface area contributed by atoms with Crippen LogP contribution in [0.2, 0.25) is 0 Å². The first-order valence-electron chi connectivity index (χ1n) is 9.34. The Labute approximate surface area is 176 Å². The third kappa shape index (κ3) is 3.55. The fraction of sp³-hybridized carbons (Fsp3) is 0.0870. The molecule has 4 aromatic rings. The van der Waals surface area contributed by atoms with E-state index in [1.807, 2.05) is 12.1 Å². The van der Waals surface area contributed by atoms with E-state index in [1.165, 1.54) is 9.80 Å². The van der Waals surface area contributed by atoms with Crippen molar-refractivity contribution in [3.63, 3.8) is 0 Å². The fourth-order valence-corrected chi connectivity index (χ4v) is 3.27. The van der Waals surface area contributed by atoms with Crippen molar-refractivity contribution < 1.29 is 18.7 Å². The zero-order valence-corrected chi connectivity index (χ0v) is 16.7. The second-order valence-electron chi connectivity index (χ2n) is 6.82. The molecule has 0 bridgehead atoms. The van der Waals surface area contributed by atoms with Gasteiger partial charge in [-0.15, -0.1) is 0 Å². The lowest BCUT2D eigenvalue weighted by atomic mass is 10.1. The number of para-hydroxylation sites is 2. The van der Waals surface area contributed by atoms with Gasteiger partial charge in [-0.3, -0.25) is 4.79 Å². The van der Waals surface area contributed by atoms with Crippen molar-refractivity contribution in [2.45, 2.75) is 0 Å². The molecule has 0 saturated carbocycles. The van der Waals surface area contributed by atoms with Crippen molar-refractivity contribution in [1.82, 2.24) is 0 Å². The standard InChI is InChI=1S/C23H18N2O6/c1-24(14-9-5-3-6-10-14)21(28)19-20-18(16(26)13-17(27)30-20)23(29)31-22(19)25(2)15-11-7-4-8-12-15/h3-13,26H,1-2H3. The number of hydrogen-bond donors (Lipinski definition) is 1. The summed E-state index contributed by atoms with van der Waals surface area (Å²) in [6.45, 7) is 0. The Morgan fingerprint density at radius 3 is 2.06 bits per heavy atom. The quantitative estimate of drug-likeness (QED) is 0.541. The Hall–Kier alpha value is -4.33. The molecule has 1 N–H and O–H groups in total. The first-order chi connectivity index (χ1) is 14.9. The molecule has 0 aliphatic heterocycles. The molecule has 2 aromatic heterocycles. The third-order valence-corrected chi connectivity index (χ3v) is 4.88. The van der Waals surface area contributed by atoms with Crippen LogP contribution < -0.4 is 21.1 Å². The van der Waals surface area contributed by atoms with Crippen molar-refractivity contribution in [3.8, 4) is 5.75 Å². The zero-order chi connectivity index (χ0) is 22.1. The van der Waals surface area contributed by atoms with E-state index in [1.54, 1.807) is 62.6 Å². The van der Waals surface area contributed by atoms with Gasteiger partial charge in [-0.05, 0) is 24.3 Å². The van der Waals surface area contributed by atoms with Crippen LogP contribution in [0, 0.1) is 0 Å². The van der Waals surface area contributed by atoms with E-state index in [9.17, 15) is 19.5 Å². The Kier molecular flexibility index (Phi) is 5.04. The molecule has 31 heavy (non-hydrogen) atoms. The molecule has 8 heteroatoms. The lowest BCUT2D eigenvalue weighted by Crippen LogP contribution is -2.29. The van der Waals surface area contributed by atoms with Crippen molar-refractivity contribution in [2.24, 2.45) is 0 Å². The fourth-order valence-electron chi connectivity index (χ4n) is 3.27. The topological polar surface area (TPSA) is 104 Å². The van der Waals surface area contributed by atoms with Crippen LogP contribution in [0.15, 0.2) is 85.2 Å². The molecule has 0 aliphatic rings. The van der Waals surface area contributed by atoms with E-state index < -0.39 is 22.9 Å². The molecular weight excluding hydrogens is 400 g/mol. The second-order valence-corrected chi connectivity index (χ2v) is 6.82. The van der Waals surface area contributed by atoms with Gasteiger partial charge < -0.3 is 23.7 Å². The molecule has 0 fully saturated rings. The maximum Gasteiger partial charge on any atom is 0.352 e. The molecular formula is C23H18N2O6. The Morgan fingerprint density at radius 1 is 0.871 bits per heavy atom. The van der Waals surface area contributed by atoms with Crippen LogP contribution >= 0.6 is 0 Å². The Balaban J connectivity index is 2.03. The molecule has 156 valence electrons. The van der Waals surface area contributed by atoms with Gasteiger partial charge in [-0.1, -0.05) is 36.4 Å². The number of fused-ring (bicyclic) bond motifs is 1. The summed E-state index contributed by atoms with van der Waals surface area (Å²) in [5.41, 5.74) is -1.15. The summed E-state index contributed by atoms with van der Waals surface area (Å²) in [7, 11) is 3.15. The van der Waals surface area contributed by atoms with E-state index >= 15 is 0 Å². The number of benzene rings is 2. The molecule has 8 nitrogen and oxygen atoms in total. The van der Waals surface area contributed by atoms with Gasteiger partial charge in [-0.2, -0.15) is 0 Å². The highest BCUT2D eigenvalue weighted by Gasteiger charge is 2.30. The highest BCUT2D eigenvalue weighted by atomic mass is 16.4. The first kappa shape index (κ1) is 20.0. The van der Waals surface area contributed by atoms with Crippen molar-refractivity contribution in [2.75, 3.05) is 23.9 Å². The highest BCUT2D eigenvalue weighted by molar-refractivity contribution is 6.16. The van der Waals surface area contributed by atoms with Crippen LogP contribution in [0.25, 0.3) is 11.0 Å². The smallest absolute Gasteiger partial charge is 0.352 e. The van der Waals surface area contributed by atoms with Gasteiger partial charge in [0.2, 0.25) is 5.88 Å². The van der Waals surface area contributed by atoms with Crippen LogP contribution in [0.3, 0.4) is 0 Å². The molecule has 0 saturated heterocycles. The van der Waals surface area contributed by atoms with Crippen LogP contribution in [0.1, 0.15) is 10.4 Å².